The van der Waals surface area contributed by atoms with E-state index in [9.17, 15) is 53.6 Å². The van der Waals surface area contributed by atoms with E-state index in [-0.39, 0.29) is 42.5 Å². The number of carbonyl (C=O) groups excluding carboxylic acids is 7. The summed E-state index contributed by atoms with van der Waals surface area (Å²) in [6, 6.07) is 22.5. The Morgan fingerprint density at radius 2 is 1.30 bits per heavy atom. The largest absolute Gasteiger partial charge is 0.514 e. The number of esters is 3. The van der Waals surface area contributed by atoms with Gasteiger partial charge in [-0.1, -0.05) is 68.4 Å². The predicted octanol–water partition coefficient (Wildman–Crippen LogP) is 5.90. The number of hydrogen-bond donors (Lipinski definition) is 4. The number of anilines is 1. The lowest BCUT2D eigenvalue weighted by Gasteiger charge is -2.43. The van der Waals surface area contributed by atoms with Gasteiger partial charge in [-0.05, 0) is 83.3 Å². The van der Waals surface area contributed by atoms with Crippen molar-refractivity contribution in [3.05, 3.63) is 123 Å². The molecule has 0 radical (unpaired) electrons. The molecule has 4 aromatic rings. The van der Waals surface area contributed by atoms with Crippen molar-refractivity contribution >= 4 is 59.3 Å². The number of nitro benzene ring substituents is 1. The monoisotopic (exact) mass is 1010 g/mol. The second-order valence-electron chi connectivity index (χ2n) is 17.5. The lowest BCUT2D eigenvalue weighted by atomic mass is 9.90. The molecule has 1 fully saturated rings. The summed E-state index contributed by atoms with van der Waals surface area (Å²) < 4.78 is 38.2. The summed E-state index contributed by atoms with van der Waals surface area (Å²) in [6.07, 6.45) is -10.4. The molecule has 2 aliphatic rings. The molecule has 1 aliphatic carbocycles. The number of ether oxygens (including phenoxy) is 7. The topological polar surface area (TPSA) is 301 Å². The van der Waals surface area contributed by atoms with E-state index in [1.165, 1.54) is 37.3 Å². The van der Waals surface area contributed by atoms with Crippen LogP contribution in [0.4, 0.5) is 21.0 Å². The van der Waals surface area contributed by atoms with Crippen LogP contribution in [0.1, 0.15) is 76.1 Å². The maximum atomic E-state index is 13.7. The quantitative estimate of drug-likeness (QED) is 0.0279. The van der Waals surface area contributed by atoms with Crippen LogP contribution in [0.2, 0.25) is 0 Å². The Hall–Kier alpha value is -8.40. The molecule has 22 heteroatoms. The Morgan fingerprint density at radius 1 is 0.712 bits per heavy atom. The standard InChI is InChI=1S/C51H54N4O18/c1-26(2)42(54-50(63)67-25-40-38-13-9-7-11-36(38)37-12-8-10-14-39(37)40)48(60)52-27(3)47(59)53-33-17-15-32(24-68-51(64)72-35-20-18-34(19-21-35)55(65)66)31(23-33)16-22-41-43(69-28(4)56)44(70-29(5)57)45(71-30(6)58)46(73-41)49(61)62/h7-15,17-21,23,26-27,40-46H,16,22,24-25H2,1-6H3,(H,52,60)(H,53,59)(H,54,63)(H,61,62)/t27?,41-,42?,43-,44+,45-,46?/m0/s1. The summed E-state index contributed by atoms with van der Waals surface area (Å²) in [5.41, 5.74) is 4.72. The zero-order valence-electron chi connectivity index (χ0n) is 40.5. The maximum Gasteiger partial charge on any atom is 0.514 e. The number of non-ortho nitro benzene ring substituents is 1. The smallest absolute Gasteiger partial charge is 0.479 e. The fourth-order valence-electron chi connectivity index (χ4n) is 8.52. The van der Waals surface area contributed by atoms with Gasteiger partial charge in [0.1, 0.15) is 31.0 Å². The summed E-state index contributed by atoms with van der Waals surface area (Å²) in [5.74, 6) is -6.38. The highest BCUT2D eigenvalue weighted by atomic mass is 16.7. The number of carbonyl (C=O) groups is 8. The minimum absolute atomic E-state index is 0.0128. The number of nitrogens with zero attached hydrogens (tertiary/aromatic N) is 1. The van der Waals surface area contributed by atoms with Gasteiger partial charge in [0.15, 0.2) is 24.4 Å². The van der Waals surface area contributed by atoms with Crippen molar-refractivity contribution in [2.45, 2.75) is 110 Å². The number of carboxylic acid groups (broad SMARTS) is 1. The first-order chi connectivity index (χ1) is 34.7. The number of benzene rings is 4. The number of nitrogens with one attached hydrogen (secondary N) is 3. The van der Waals surface area contributed by atoms with Gasteiger partial charge in [-0.25, -0.2) is 14.4 Å². The van der Waals surface area contributed by atoms with E-state index in [1.807, 2.05) is 48.5 Å². The lowest BCUT2D eigenvalue weighted by Crippen LogP contribution is -2.63. The van der Waals surface area contributed by atoms with Crippen LogP contribution in [-0.2, 0) is 70.2 Å². The normalized spacial score (nSPS) is 18.6. The Labute approximate surface area is 418 Å². The van der Waals surface area contributed by atoms with Gasteiger partial charge in [0.05, 0.1) is 11.0 Å². The van der Waals surface area contributed by atoms with Crippen molar-refractivity contribution in [2.75, 3.05) is 11.9 Å². The Balaban J connectivity index is 1.17. The summed E-state index contributed by atoms with van der Waals surface area (Å²) in [6.45, 7) is 7.49. The number of fused-ring (bicyclic) bond motifs is 3. The van der Waals surface area contributed by atoms with Crippen LogP contribution in [0.5, 0.6) is 5.75 Å². The third kappa shape index (κ3) is 13.9. The predicted molar refractivity (Wildman–Crippen MR) is 255 cm³/mol. The van der Waals surface area contributed by atoms with E-state index in [4.69, 9.17) is 33.2 Å². The lowest BCUT2D eigenvalue weighted by molar-refractivity contribution is -0.384. The molecular weight excluding hydrogens is 957 g/mol. The first-order valence-electron chi connectivity index (χ1n) is 23.0. The summed E-state index contributed by atoms with van der Waals surface area (Å²) in [5, 5.41) is 29.2. The van der Waals surface area contributed by atoms with Gasteiger partial charge < -0.3 is 54.2 Å². The van der Waals surface area contributed by atoms with Crippen molar-refractivity contribution in [2.24, 2.45) is 5.92 Å². The van der Waals surface area contributed by atoms with Gasteiger partial charge in [-0.15, -0.1) is 0 Å². The number of amides is 3. The molecular formula is C51H54N4O18. The number of carboxylic acids is 1. The Bertz CT molecular complexity index is 2700. The van der Waals surface area contributed by atoms with Crippen LogP contribution in [0.15, 0.2) is 91.0 Å². The highest BCUT2D eigenvalue weighted by Crippen LogP contribution is 2.44. The van der Waals surface area contributed by atoms with Crippen LogP contribution in [-0.4, -0.2) is 107 Å². The van der Waals surface area contributed by atoms with E-state index in [0.29, 0.717) is 11.1 Å². The van der Waals surface area contributed by atoms with Crippen molar-refractivity contribution in [3.8, 4) is 16.9 Å². The van der Waals surface area contributed by atoms with Crippen LogP contribution in [0.3, 0.4) is 0 Å². The molecule has 3 unspecified atom stereocenters. The zero-order chi connectivity index (χ0) is 53.1. The van der Waals surface area contributed by atoms with Crippen LogP contribution >= 0.6 is 0 Å². The molecule has 0 spiro atoms. The van der Waals surface area contributed by atoms with Gasteiger partial charge in [0.25, 0.3) is 5.69 Å². The highest BCUT2D eigenvalue weighted by Gasteiger charge is 2.54. The van der Waals surface area contributed by atoms with Crippen LogP contribution in [0, 0.1) is 16.0 Å². The third-order valence-corrected chi connectivity index (χ3v) is 11.9. The van der Waals surface area contributed by atoms with E-state index in [1.54, 1.807) is 13.8 Å². The zero-order valence-corrected chi connectivity index (χ0v) is 40.5. The van der Waals surface area contributed by atoms with Crippen molar-refractivity contribution in [3.63, 3.8) is 0 Å². The summed E-state index contributed by atoms with van der Waals surface area (Å²) in [7, 11) is 0. The SMILES string of the molecule is CC(=O)O[C@@H]1[C@@H](OC(C)=O)[C@H](OC(C)=O)C(C(=O)O)O[C@H]1CCc1cc(NC(=O)C(C)NC(=O)C(NC(=O)OCC2c3ccccc3-c3ccccc32)C(C)C)ccc1COC(=O)Oc1ccc([N+](=O)[O-])cc1. The molecule has 73 heavy (non-hydrogen) atoms. The fourth-order valence-corrected chi connectivity index (χ4v) is 8.52. The van der Waals surface area contributed by atoms with Crippen LogP contribution < -0.4 is 20.7 Å². The molecule has 4 aromatic carbocycles. The first kappa shape index (κ1) is 53.9. The van der Waals surface area contributed by atoms with E-state index in [2.05, 4.69) is 16.0 Å². The molecule has 1 aliphatic heterocycles. The Kier molecular flexibility index (Phi) is 17.8. The van der Waals surface area contributed by atoms with Crippen molar-refractivity contribution in [1.29, 1.82) is 0 Å². The molecule has 22 nitrogen and oxygen atoms in total. The molecule has 7 atom stereocenters. The molecule has 0 saturated carbocycles. The van der Waals surface area contributed by atoms with Gasteiger partial charge in [-0.2, -0.15) is 0 Å². The first-order valence-corrected chi connectivity index (χ1v) is 23.0. The summed E-state index contributed by atoms with van der Waals surface area (Å²) >= 11 is 0. The molecule has 3 amide bonds. The maximum absolute atomic E-state index is 13.7. The minimum atomic E-state index is -1.89. The van der Waals surface area contributed by atoms with Gasteiger partial charge in [0.2, 0.25) is 11.8 Å². The van der Waals surface area contributed by atoms with Crippen LogP contribution in [0.25, 0.3) is 11.1 Å². The molecule has 386 valence electrons. The average molecular weight is 1010 g/mol. The number of nitro groups is 1. The fraction of sp³-hybridized carbons (Fsp3) is 0.373. The molecule has 6 rings (SSSR count). The summed E-state index contributed by atoms with van der Waals surface area (Å²) in [4.78, 5) is 113. The second kappa shape index (κ2) is 24.1. The second-order valence-corrected chi connectivity index (χ2v) is 17.5. The van der Waals surface area contributed by atoms with E-state index in [0.717, 1.165) is 55.2 Å². The number of aliphatic carboxylic acids is 1. The number of aryl methyl sites for hydroxylation is 1. The molecule has 1 heterocycles. The van der Waals surface area contributed by atoms with Crippen molar-refractivity contribution < 1.29 is 81.5 Å². The third-order valence-electron chi connectivity index (χ3n) is 11.9. The van der Waals surface area contributed by atoms with E-state index < -0.39 is 108 Å². The van der Waals surface area contributed by atoms with Gasteiger partial charge >= 0.3 is 36.1 Å². The molecule has 0 aromatic heterocycles. The minimum Gasteiger partial charge on any atom is -0.479 e. The number of rotatable bonds is 19. The van der Waals surface area contributed by atoms with Gasteiger partial charge in [0, 0.05) is 44.5 Å². The molecule has 1 saturated heterocycles. The van der Waals surface area contributed by atoms with E-state index >= 15 is 0 Å². The number of alkyl carbamates (subject to hydrolysis) is 1. The molecule has 0 bridgehead atoms. The average Bonchev–Trinajstić information content (AvgIpc) is 3.65. The van der Waals surface area contributed by atoms with Gasteiger partial charge in [-0.3, -0.25) is 34.1 Å². The highest BCUT2D eigenvalue weighted by molar-refractivity contribution is 5.98. The number of hydrogen-bond acceptors (Lipinski definition) is 17. The molecule has 4 N–H and O–H groups in total. The Morgan fingerprint density at radius 3 is 1.88 bits per heavy atom. The van der Waals surface area contributed by atoms with Crippen molar-refractivity contribution in [1.82, 2.24) is 10.6 Å².